The molecule has 0 bridgehead atoms. The summed E-state index contributed by atoms with van der Waals surface area (Å²) in [5, 5.41) is 10.4. The van der Waals surface area contributed by atoms with Crippen LogP contribution in [-0.2, 0) is 16.1 Å². The summed E-state index contributed by atoms with van der Waals surface area (Å²) < 4.78 is 16.8. The van der Waals surface area contributed by atoms with Gasteiger partial charge >= 0.3 is 0 Å². The Morgan fingerprint density at radius 2 is 2.05 bits per heavy atom. The van der Waals surface area contributed by atoms with Gasteiger partial charge in [0.25, 0.3) is 0 Å². The van der Waals surface area contributed by atoms with Crippen LogP contribution in [0.25, 0.3) is 0 Å². The Hall–Kier alpha value is -0.750. The highest BCUT2D eigenvalue weighted by Gasteiger charge is 2.38. The smallest absolute Gasteiger partial charge is 0.131 e. The minimum Gasteiger partial charge on any atom is -0.497 e. The molecular formula is C16H24O4S. The Kier molecular flexibility index (Phi) is 6.36. The molecule has 0 spiro atoms. The Bertz CT molecular complexity index is 423. The summed E-state index contributed by atoms with van der Waals surface area (Å²) in [6.07, 6.45) is -0.776. The highest BCUT2D eigenvalue weighted by atomic mass is 32.2. The van der Waals surface area contributed by atoms with Crippen LogP contribution in [0.4, 0.5) is 0 Å². The molecule has 1 aliphatic heterocycles. The molecule has 118 valence electrons. The first-order chi connectivity index (χ1) is 10.2. The lowest BCUT2D eigenvalue weighted by Crippen LogP contribution is -2.49. The Balaban J connectivity index is 1.92. The molecule has 1 fully saturated rings. The number of aliphatic hydroxyl groups is 1. The fourth-order valence-electron chi connectivity index (χ4n) is 2.42. The Labute approximate surface area is 130 Å². The van der Waals surface area contributed by atoms with Crippen molar-refractivity contribution in [2.75, 3.05) is 19.5 Å². The van der Waals surface area contributed by atoms with E-state index in [4.69, 9.17) is 14.2 Å². The van der Waals surface area contributed by atoms with Gasteiger partial charge in [0.1, 0.15) is 17.3 Å². The summed E-state index contributed by atoms with van der Waals surface area (Å²) in [5.74, 6) is 1.94. The van der Waals surface area contributed by atoms with Gasteiger partial charge in [-0.05, 0) is 23.4 Å². The fourth-order valence-corrected chi connectivity index (χ4v) is 3.27. The third-order valence-electron chi connectivity index (χ3n) is 3.63. The number of hydrogen-bond donors (Lipinski definition) is 1. The molecule has 0 saturated carbocycles. The summed E-state index contributed by atoms with van der Waals surface area (Å²) in [7, 11) is 1.65. The average Bonchev–Trinajstić information content (AvgIpc) is 2.51. The Morgan fingerprint density at radius 3 is 2.67 bits per heavy atom. The maximum absolute atomic E-state index is 10.4. The van der Waals surface area contributed by atoms with Gasteiger partial charge in [-0.25, -0.2) is 0 Å². The van der Waals surface area contributed by atoms with Crippen molar-refractivity contribution in [2.24, 2.45) is 5.92 Å². The lowest BCUT2D eigenvalue weighted by Gasteiger charge is -2.38. The first-order valence-electron chi connectivity index (χ1n) is 7.31. The van der Waals surface area contributed by atoms with E-state index in [2.05, 4.69) is 13.8 Å². The predicted molar refractivity (Wildman–Crippen MR) is 84.6 cm³/mol. The van der Waals surface area contributed by atoms with Crippen molar-refractivity contribution in [3.05, 3.63) is 29.8 Å². The third kappa shape index (κ3) is 4.36. The molecule has 0 amide bonds. The van der Waals surface area contributed by atoms with Crippen molar-refractivity contribution in [3.8, 4) is 5.75 Å². The van der Waals surface area contributed by atoms with E-state index in [-0.39, 0.29) is 17.5 Å². The highest BCUT2D eigenvalue weighted by Crippen LogP contribution is 2.29. The topological polar surface area (TPSA) is 47.9 Å². The Morgan fingerprint density at radius 1 is 1.33 bits per heavy atom. The van der Waals surface area contributed by atoms with Crippen LogP contribution in [0.5, 0.6) is 5.75 Å². The first kappa shape index (κ1) is 16.6. The molecule has 4 atom stereocenters. The molecule has 0 unspecified atom stereocenters. The van der Waals surface area contributed by atoms with Gasteiger partial charge in [0.05, 0.1) is 26.4 Å². The summed E-state index contributed by atoms with van der Waals surface area (Å²) in [6.45, 7) is 5.22. The first-order valence-corrected chi connectivity index (χ1v) is 8.36. The second-order valence-corrected chi connectivity index (χ2v) is 6.62. The van der Waals surface area contributed by atoms with Gasteiger partial charge in [-0.2, -0.15) is 0 Å². The molecule has 1 saturated heterocycles. The quantitative estimate of drug-likeness (QED) is 0.875. The molecule has 4 nitrogen and oxygen atoms in total. The monoisotopic (exact) mass is 312 g/mol. The molecule has 1 aliphatic rings. The lowest BCUT2D eigenvalue weighted by atomic mass is 9.98. The van der Waals surface area contributed by atoms with Gasteiger partial charge in [-0.3, -0.25) is 0 Å². The molecular weight excluding hydrogens is 288 g/mol. The molecule has 1 aromatic rings. The van der Waals surface area contributed by atoms with Gasteiger partial charge in [0.15, 0.2) is 0 Å². The van der Waals surface area contributed by atoms with E-state index < -0.39 is 6.10 Å². The summed E-state index contributed by atoms with van der Waals surface area (Å²) in [6, 6.07) is 7.79. The lowest BCUT2D eigenvalue weighted by molar-refractivity contribution is -0.157. The van der Waals surface area contributed by atoms with Crippen LogP contribution < -0.4 is 4.74 Å². The van der Waals surface area contributed by atoms with Gasteiger partial charge < -0.3 is 19.3 Å². The predicted octanol–water partition coefficient (Wildman–Crippen LogP) is 2.69. The van der Waals surface area contributed by atoms with Crippen molar-refractivity contribution in [3.63, 3.8) is 0 Å². The van der Waals surface area contributed by atoms with Crippen molar-refractivity contribution in [2.45, 2.75) is 38.1 Å². The van der Waals surface area contributed by atoms with E-state index in [9.17, 15) is 5.11 Å². The SMILES string of the molecule is CCS[C@@H]1OC[C@@H](C)[C@H](OCc2ccc(OC)cc2)[C@H]1O. The van der Waals surface area contributed by atoms with Gasteiger partial charge in [-0.15, -0.1) is 11.8 Å². The van der Waals surface area contributed by atoms with Crippen LogP contribution >= 0.6 is 11.8 Å². The van der Waals surface area contributed by atoms with Gasteiger partial charge in [0.2, 0.25) is 0 Å². The average molecular weight is 312 g/mol. The zero-order valence-corrected chi connectivity index (χ0v) is 13.6. The molecule has 0 radical (unpaired) electrons. The maximum Gasteiger partial charge on any atom is 0.131 e. The number of aliphatic hydroxyl groups excluding tert-OH is 1. The van der Waals surface area contributed by atoms with Crippen LogP contribution in [0, 0.1) is 5.92 Å². The number of methoxy groups -OCH3 is 1. The normalized spacial score (nSPS) is 29.3. The van der Waals surface area contributed by atoms with Crippen LogP contribution in [0.15, 0.2) is 24.3 Å². The summed E-state index contributed by atoms with van der Waals surface area (Å²) >= 11 is 1.62. The highest BCUT2D eigenvalue weighted by molar-refractivity contribution is 7.99. The van der Waals surface area contributed by atoms with E-state index in [1.807, 2.05) is 24.3 Å². The van der Waals surface area contributed by atoms with E-state index in [1.165, 1.54) is 0 Å². The minimum atomic E-state index is -0.586. The second kappa shape index (κ2) is 8.03. The maximum atomic E-state index is 10.4. The van der Waals surface area contributed by atoms with E-state index in [0.717, 1.165) is 17.1 Å². The largest absolute Gasteiger partial charge is 0.497 e. The number of hydrogen-bond acceptors (Lipinski definition) is 5. The third-order valence-corrected chi connectivity index (χ3v) is 4.71. The van der Waals surface area contributed by atoms with Crippen molar-refractivity contribution >= 4 is 11.8 Å². The molecule has 21 heavy (non-hydrogen) atoms. The van der Waals surface area contributed by atoms with Gasteiger partial charge in [0, 0.05) is 5.92 Å². The fraction of sp³-hybridized carbons (Fsp3) is 0.625. The standard InChI is InChI=1S/C16H24O4S/c1-4-21-16-14(17)15(11(2)9-20-16)19-10-12-5-7-13(18-3)8-6-12/h5-8,11,14-17H,4,9-10H2,1-3H3/t11-,14-,15+,16+/m1/s1. The number of rotatable bonds is 6. The van der Waals surface area contributed by atoms with Crippen molar-refractivity contribution in [1.82, 2.24) is 0 Å². The van der Waals surface area contributed by atoms with Crippen molar-refractivity contribution < 1.29 is 19.3 Å². The zero-order valence-electron chi connectivity index (χ0n) is 12.8. The van der Waals surface area contributed by atoms with Crippen LogP contribution in [0.2, 0.25) is 0 Å². The zero-order chi connectivity index (χ0) is 15.2. The van der Waals surface area contributed by atoms with Crippen LogP contribution in [0.3, 0.4) is 0 Å². The number of ether oxygens (including phenoxy) is 3. The minimum absolute atomic E-state index is 0.187. The second-order valence-electron chi connectivity index (χ2n) is 5.25. The molecule has 2 rings (SSSR count). The summed E-state index contributed by atoms with van der Waals surface area (Å²) in [5.41, 5.74) is 0.883. The van der Waals surface area contributed by atoms with Gasteiger partial charge in [-0.1, -0.05) is 26.0 Å². The van der Waals surface area contributed by atoms with E-state index in [1.54, 1.807) is 18.9 Å². The van der Waals surface area contributed by atoms with E-state index >= 15 is 0 Å². The molecule has 0 aromatic heterocycles. The number of thioether (sulfide) groups is 1. The number of benzene rings is 1. The molecule has 1 N–H and O–H groups in total. The molecule has 5 heteroatoms. The molecule has 0 aliphatic carbocycles. The van der Waals surface area contributed by atoms with Crippen LogP contribution in [0.1, 0.15) is 19.4 Å². The molecule has 1 heterocycles. The van der Waals surface area contributed by atoms with Crippen molar-refractivity contribution in [1.29, 1.82) is 0 Å². The van der Waals surface area contributed by atoms with Crippen LogP contribution in [-0.4, -0.2) is 42.2 Å². The molecule has 1 aromatic carbocycles. The van der Waals surface area contributed by atoms with E-state index in [0.29, 0.717) is 13.2 Å². The summed E-state index contributed by atoms with van der Waals surface area (Å²) in [4.78, 5) is 0.